The molecule has 2 heterocycles. The summed E-state index contributed by atoms with van der Waals surface area (Å²) in [6.45, 7) is 3.22. The van der Waals surface area contributed by atoms with Gasteiger partial charge in [0.1, 0.15) is 11.9 Å². The Bertz CT molecular complexity index is 355. The lowest BCUT2D eigenvalue weighted by atomic mass is 10.2. The summed E-state index contributed by atoms with van der Waals surface area (Å²) >= 11 is 5.23. The van der Waals surface area contributed by atoms with E-state index in [0.717, 1.165) is 19.6 Å². The summed E-state index contributed by atoms with van der Waals surface area (Å²) in [4.78, 5) is 8.84. The molecular formula is C12H18ClN3O. The van der Waals surface area contributed by atoms with Gasteiger partial charge in [0.05, 0.1) is 0 Å². The van der Waals surface area contributed by atoms with Gasteiger partial charge in [0.25, 0.3) is 0 Å². The SMILES string of the molecule is CN(C)C1CCN(Cc2ccc(OCl)nc2)C1. The summed E-state index contributed by atoms with van der Waals surface area (Å²) in [5.74, 6) is 0.447. The average molecular weight is 256 g/mol. The van der Waals surface area contributed by atoms with Crippen LogP contribution in [0.1, 0.15) is 12.0 Å². The van der Waals surface area contributed by atoms with E-state index >= 15 is 0 Å². The summed E-state index contributed by atoms with van der Waals surface area (Å²) in [5.41, 5.74) is 1.20. The lowest BCUT2D eigenvalue weighted by Gasteiger charge is -2.20. The normalized spacial score (nSPS) is 21.1. The van der Waals surface area contributed by atoms with Crippen molar-refractivity contribution in [3.8, 4) is 5.88 Å². The molecule has 4 nitrogen and oxygen atoms in total. The Hall–Kier alpha value is -0.840. The van der Waals surface area contributed by atoms with Gasteiger partial charge in [0, 0.05) is 37.9 Å². The van der Waals surface area contributed by atoms with E-state index in [9.17, 15) is 0 Å². The zero-order valence-corrected chi connectivity index (χ0v) is 11.0. The van der Waals surface area contributed by atoms with Crippen LogP contribution >= 0.6 is 11.9 Å². The van der Waals surface area contributed by atoms with Crippen LogP contribution in [0.4, 0.5) is 0 Å². The molecule has 0 aromatic carbocycles. The molecule has 0 aliphatic carbocycles. The molecule has 17 heavy (non-hydrogen) atoms. The van der Waals surface area contributed by atoms with Crippen molar-refractivity contribution in [1.82, 2.24) is 14.8 Å². The first-order valence-electron chi connectivity index (χ1n) is 5.81. The number of likely N-dealkylation sites (tertiary alicyclic amines) is 1. The van der Waals surface area contributed by atoms with Crippen LogP contribution in [-0.4, -0.2) is 48.0 Å². The molecule has 1 aromatic heterocycles. The molecule has 0 amide bonds. The van der Waals surface area contributed by atoms with Crippen molar-refractivity contribution < 1.29 is 4.29 Å². The van der Waals surface area contributed by atoms with E-state index in [0.29, 0.717) is 11.9 Å². The molecule has 1 unspecified atom stereocenters. The van der Waals surface area contributed by atoms with Gasteiger partial charge >= 0.3 is 0 Å². The first kappa shape index (κ1) is 12.6. The lowest BCUT2D eigenvalue weighted by molar-refractivity contribution is 0.264. The molecule has 0 radical (unpaired) electrons. The Morgan fingerprint density at radius 1 is 1.53 bits per heavy atom. The number of hydrogen-bond acceptors (Lipinski definition) is 4. The molecule has 0 N–H and O–H groups in total. The fraction of sp³-hybridized carbons (Fsp3) is 0.583. The minimum atomic E-state index is 0.447. The number of rotatable bonds is 4. The maximum atomic E-state index is 5.23. The standard InChI is InChI=1S/C12H18ClN3O/c1-15(2)11-5-6-16(9-11)8-10-3-4-12(17-13)14-7-10/h3-4,7,11H,5-6,8-9H2,1-2H3. The molecule has 1 atom stereocenters. The number of likely N-dealkylation sites (N-methyl/N-ethyl adjacent to an activating group) is 1. The van der Waals surface area contributed by atoms with Gasteiger partial charge in [-0.2, -0.15) is 0 Å². The van der Waals surface area contributed by atoms with Crippen LogP contribution in [0.15, 0.2) is 18.3 Å². The molecule has 1 aliphatic rings. The second kappa shape index (κ2) is 5.67. The fourth-order valence-corrected chi connectivity index (χ4v) is 2.28. The van der Waals surface area contributed by atoms with Crippen molar-refractivity contribution in [2.24, 2.45) is 0 Å². The maximum absolute atomic E-state index is 5.23. The molecule has 2 rings (SSSR count). The third-order valence-corrected chi connectivity index (χ3v) is 3.42. The zero-order chi connectivity index (χ0) is 12.3. The van der Waals surface area contributed by atoms with Crippen LogP contribution in [0.3, 0.4) is 0 Å². The Balaban J connectivity index is 1.89. The minimum absolute atomic E-state index is 0.447. The Morgan fingerprint density at radius 2 is 2.35 bits per heavy atom. The highest BCUT2D eigenvalue weighted by Crippen LogP contribution is 2.17. The van der Waals surface area contributed by atoms with Crippen LogP contribution < -0.4 is 4.29 Å². The molecule has 1 fully saturated rings. The van der Waals surface area contributed by atoms with Gasteiger partial charge < -0.3 is 9.19 Å². The quantitative estimate of drug-likeness (QED) is 0.820. The summed E-state index contributed by atoms with van der Waals surface area (Å²) in [6, 6.07) is 4.48. The molecule has 0 saturated carbocycles. The van der Waals surface area contributed by atoms with Crippen molar-refractivity contribution in [2.75, 3.05) is 27.2 Å². The maximum Gasteiger partial charge on any atom is 0.236 e. The van der Waals surface area contributed by atoms with E-state index in [1.165, 1.54) is 12.0 Å². The third-order valence-electron chi connectivity index (χ3n) is 3.26. The first-order chi connectivity index (χ1) is 8.19. The summed E-state index contributed by atoms with van der Waals surface area (Å²) in [6.07, 6.45) is 3.06. The van der Waals surface area contributed by atoms with E-state index in [1.807, 2.05) is 12.3 Å². The predicted molar refractivity (Wildman–Crippen MR) is 68.1 cm³/mol. The number of hydrogen-bond donors (Lipinski definition) is 0. The third kappa shape index (κ3) is 3.31. The van der Waals surface area contributed by atoms with E-state index in [4.69, 9.17) is 11.9 Å². The van der Waals surface area contributed by atoms with Crippen molar-refractivity contribution in [3.63, 3.8) is 0 Å². The van der Waals surface area contributed by atoms with E-state index in [2.05, 4.69) is 33.2 Å². The Labute approximate surface area is 107 Å². The van der Waals surface area contributed by atoms with Gasteiger partial charge in [0.2, 0.25) is 5.88 Å². The van der Waals surface area contributed by atoms with Crippen LogP contribution in [0.5, 0.6) is 5.88 Å². The molecule has 0 spiro atoms. The summed E-state index contributed by atoms with van der Waals surface area (Å²) in [5, 5.41) is 0. The highest BCUT2D eigenvalue weighted by atomic mass is 35.5. The monoisotopic (exact) mass is 255 g/mol. The van der Waals surface area contributed by atoms with Crippen molar-refractivity contribution >= 4 is 11.9 Å². The van der Waals surface area contributed by atoms with Crippen molar-refractivity contribution in [2.45, 2.75) is 19.0 Å². The van der Waals surface area contributed by atoms with Crippen LogP contribution in [0.2, 0.25) is 0 Å². The summed E-state index contributed by atoms with van der Waals surface area (Å²) < 4.78 is 4.53. The smallest absolute Gasteiger partial charge is 0.236 e. The largest absolute Gasteiger partial charge is 0.365 e. The summed E-state index contributed by atoms with van der Waals surface area (Å²) in [7, 11) is 4.28. The van der Waals surface area contributed by atoms with Gasteiger partial charge in [-0.25, -0.2) is 4.98 Å². The minimum Gasteiger partial charge on any atom is -0.365 e. The molecule has 1 aliphatic heterocycles. The number of nitrogens with zero attached hydrogens (tertiary/aromatic N) is 3. The number of pyridine rings is 1. The lowest BCUT2D eigenvalue weighted by Crippen LogP contribution is -2.31. The molecule has 0 bridgehead atoms. The van der Waals surface area contributed by atoms with Gasteiger partial charge in [-0.3, -0.25) is 4.90 Å². The van der Waals surface area contributed by atoms with Gasteiger partial charge in [-0.15, -0.1) is 0 Å². The molecular weight excluding hydrogens is 238 g/mol. The Morgan fingerprint density at radius 3 is 2.88 bits per heavy atom. The average Bonchev–Trinajstić information content (AvgIpc) is 2.79. The van der Waals surface area contributed by atoms with Crippen LogP contribution in [0, 0.1) is 0 Å². The van der Waals surface area contributed by atoms with Crippen molar-refractivity contribution in [1.29, 1.82) is 0 Å². The highest BCUT2D eigenvalue weighted by Gasteiger charge is 2.23. The molecule has 1 saturated heterocycles. The second-order valence-corrected chi connectivity index (χ2v) is 4.88. The van der Waals surface area contributed by atoms with E-state index in [1.54, 1.807) is 6.07 Å². The number of halogens is 1. The molecule has 1 aromatic rings. The van der Waals surface area contributed by atoms with Gasteiger partial charge in [-0.1, -0.05) is 6.07 Å². The predicted octanol–water partition coefficient (Wildman–Crippen LogP) is 1.75. The first-order valence-corrected chi connectivity index (χ1v) is 6.12. The molecule has 5 heteroatoms. The van der Waals surface area contributed by atoms with Gasteiger partial charge in [-0.05, 0) is 26.1 Å². The van der Waals surface area contributed by atoms with Crippen LogP contribution in [0.25, 0.3) is 0 Å². The van der Waals surface area contributed by atoms with E-state index in [-0.39, 0.29) is 0 Å². The fourth-order valence-electron chi connectivity index (χ4n) is 2.19. The van der Waals surface area contributed by atoms with Crippen LogP contribution in [-0.2, 0) is 6.54 Å². The second-order valence-electron chi connectivity index (χ2n) is 4.72. The number of aromatic nitrogens is 1. The topological polar surface area (TPSA) is 28.6 Å². The van der Waals surface area contributed by atoms with Crippen molar-refractivity contribution in [3.05, 3.63) is 23.9 Å². The Kier molecular flexibility index (Phi) is 4.20. The zero-order valence-electron chi connectivity index (χ0n) is 10.3. The van der Waals surface area contributed by atoms with E-state index < -0.39 is 0 Å². The highest BCUT2D eigenvalue weighted by molar-refractivity contribution is 6.08. The van der Waals surface area contributed by atoms with Gasteiger partial charge in [0.15, 0.2) is 0 Å². The molecule has 94 valence electrons.